The average Bonchev–Trinajstić information content (AvgIpc) is 2.56. The Hall–Kier alpha value is -2.95. The maximum Gasteiger partial charge on any atom is 0.345 e. The van der Waals surface area contributed by atoms with Gasteiger partial charge in [-0.15, -0.1) is 0 Å². The molecule has 0 fully saturated rings. The van der Waals surface area contributed by atoms with Gasteiger partial charge in [0.15, 0.2) is 0 Å². The summed E-state index contributed by atoms with van der Waals surface area (Å²) in [6, 6.07) is 14.9. The maximum absolute atomic E-state index is 12.3. The molecule has 1 aromatic carbocycles. The van der Waals surface area contributed by atoms with Crippen molar-refractivity contribution in [2.45, 2.75) is 19.4 Å². The molecule has 5 nitrogen and oxygen atoms in total. The van der Waals surface area contributed by atoms with Gasteiger partial charge in [-0.3, -0.25) is 9.20 Å². The Kier molecular flexibility index (Phi) is 4.19. The van der Waals surface area contributed by atoms with Crippen LogP contribution in [0.1, 0.15) is 22.8 Å². The molecule has 3 rings (SSSR count). The minimum absolute atomic E-state index is 0.0615. The SMILES string of the molecule is C[C@H](Cc1ccccc1)OC(=O)c1cnc2ccccn2c1=O. The zero-order chi connectivity index (χ0) is 16.2. The lowest BCUT2D eigenvalue weighted by atomic mass is 10.1. The number of ether oxygens (including phenoxy) is 1. The molecule has 0 unspecified atom stereocenters. The Bertz CT molecular complexity index is 887. The molecule has 5 heteroatoms. The van der Waals surface area contributed by atoms with E-state index < -0.39 is 11.5 Å². The summed E-state index contributed by atoms with van der Waals surface area (Å²) >= 11 is 0. The molecule has 0 saturated carbocycles. The molecule has 3 aromatic rings. The van der Waals surface area contributed by atoms with Crippen molar-refractivity contribution in [2.75, 3.05) is 0 Å². The first-order valence-electron chi connectivity index (χ1n) is 7.36. The summed E-state index contributed by atoms with van der Waals surface area (Å²) in [7, 11) is 0. The lowest BCUT2D eigenvalue weighted by Gasteiger charge is -2.13. The minimum Gasteiger partial charge on any atom is -0.459 e. The van der Waals surface area contributed by atoms with Crippen LogP contribution in [0, 0.1) is 0 Å². The fourth-order valence-corrected chi connectivity index (χ4v) is 2.40. The van der Waals surface area contributed by atoms with Crippen LogP contribution < -0.4 is 5.56 Å². The van der Waals surface area contributed by atoms with Crippen LogP contribution in [0.3, 0.4) is 0 Å². The summed E-state index contributed by atoms with van der Waals surface area (Å²) in [6.45, 7) is 1.80. The summed E-state index contributed by atoms with van der Waals surface area (Å²) in [6.07, 6.45) is 3.11. The monoisotopic (exact) mass is 308 g/mol. The standard InChI is InChI=1S/C18H16N2O3/c1-13(11-14-7-3-2-4-8-14)23-18(22)15-12-19-16-9-5-6-10-20(16)17(15)21/h2-10,12-13H,11H2,1H3/t13-/m1/s1. The number of nitrogens with zero attached hydrogens (tertiary/aromatic N) is 2. The second-order valence-electron chi connectivity index (χ2n) is 5.31. The highest BCUT2D eigenvalue weighted by Gasteiger charge is 2.17. The quantitative estimate of drug-likeness (QED) is 0.695. The number of fused-ring (bicyclic) bond motifs is 1. The predicted molar refractivity (Wildman–Crippen MR) is 86.5 cm³/mol. The van der Waals surface area contributed by atoms with E-state index in [9.17, 15) is 9.59 Å². The molecule has 2 heterocycles. The smallest absolute Gasteiger partial charge is 0.345 e. The molecule has 0 aliphatic rings. The van der Waals surface area contributed by atoms with E-state index in [1.165, 1.54) is 10.6 Å². The van der Waals surface area contributed by atoms with Crippen molar-refractivity contribution in [2.24, 2.45) is 0 Å². The first-order valence-corrected chi connectivity index (χ1v) is 7.36. The van der Waals surface area contributed by atoms with Crippen LogP contribution >= 0.6 is 0 Å². The molecule has 0 spiro atoms. The fraction of sp³-hybridized carbons (Fsp3) is 0.167. The largest absolute Gasteiger partial charge is 0.459 e. The lowest BCUT2D eigenvalue weighted by molar-refractivity contribution is 0.0340. The van der Waals surface area contributed by atoms with E-state index in [2.05, 4.69) is 4.98 Å². The zero-order valence-electron chi connectivity index (χ0n) is 12.7. The van der Waals surface area contributed by atoms with Gasteiger partial charge >= 0.3 is 5.97 Å². The number of hydrogen-bond donors (Lipinski definition) is 0. The van der Waals surface area contributed by atoms with Crippen LogP contribution in [0.5, 0.6) is 0 Å². The Morgan fingerprint density at radius 3 is 2.70 bits per heavy atom. The van der Waals surface area contributed by atoms with Gasteiger partial charge in [0.2, 0.25) is 0 Å². The van der Waals surface area contributed by atoms with Crippen molar-refractivity contribution in [3.8, 4) is 0 Å². The van der Waals surface area contributed by atoms with E-state index in [0.717, 1.165) is 5.56 Å². The highest BCUT2D eigenvalue weighted by atomic mass is 16.5. The van der Waals surface area contributed by atoms with Crippen LogP contribution in [0.2, 0.25) is 0 Å². The number of esters is 1. The Labute approximate surface area is 133 Å². The van der Waals surface area contributed by atoms with Crippen LogP contribution in [0.4, 0.5) is 0 Å². The van der Waals surface area contributed by atoms with Crippen molar-refractivity contribution < 1.29 is 9.53 Å². The van der Waals surface area contributed by atoms with Crippen molar-refractivity contribution in [3.63, 3.8) is 0 Å². The molecule has 116 valence electrons. The first-order chi connectivity index (χ1) is 11.1. The molecule has 1 atom stereocenters. The highest BCUT2D eigenvalue weighted by Crippen LogP contribution is 2.08. The van der Waals surface area contributed by atoms with Crippen molar-refractivity contribution >= 4 is 11.6 Å². The lowest BCUT2D eigenvalue weighted by Crippen LogP contribution is -2.26. The number of aromatic nitrogens is 2. The van der Waals surface area contributed by atoms with Gasteiger partial charge in [0.25, 0.3) is 5.56 Å². The van der Waals surface area contributed by atoms with Gasteiger partial charge in [-0.05, 0) is 24.6 Å². The number of rotatable bonds is 4. The van der Waals surface area contributed by atoms with Crippen LogP contribution in [-0.2, 0) is 11.2 Å². The van der Waals surface area contributed by atoms with Crippen LogP contribution in [-0.4, -0.2) is 21.5 Å². The molecule has 0 radical (unpaired) electrons. The van der Waals surface area contributed by atoms with E-state index in [0.29, 0.717) is 12.1 Å². The van der Waals surface area contributed by atoms with Gasteiger partial charge in [-0.25, -0.2) is 9.78 Å². The number of pyridine rings is 1. The Morgan fingerprint density at radius 1 is 1.17 bits per heavy atom. The van der Waals surface area contributed by atoms with E-state index in [4.69, 9.17) is 4.74 Å². The number of carbonyl (C=O) groups excluding carboxylic acids is 1. The first kappa shape index (κ1) is 15.0. The van der Waals surface area contributed by atoms with E-state index in [1.807, 2.05) is 30.3 Å². The van der Waals surface area contributed by atoms with Gasteiger partial charge in [0.1, 0.15) is 17.3 Å². The van der Waals surface area contributed by atoms with Gasteiger partial charge in [-0.2, -0.15) is 0 Å². The second-order valence-corrected chi connectivity index (χ2v) is 5.31. The average molecular weight is 308 g/mol. The normalized spacial score (nSPS) is 12.0. The number of hydrogen-bond acceptors (Lipinski definition) is 4. The predicted octanol–water partition coefficient (Wildman–Crippen LogP) is 2.48. The fourth-order valence-electron chi connectivity index (χ4n) is 2.40. The van der Waals surface area contributed by atoms with Crippen LogP contribution in [0.25, 0.3) is 5.65 Å². The van der Waals surface area contributed by atoms with Gasteiger partial charge in [0.05, 0.1) is 0 Å². The number of benzene rings is 1. The molecule has 0 amide bonds. The van der Waals surface area contributed by atoms with Gasteiger partial charge in [0, 0.05) is 18.8 Å². The topological polar surface area (TPSA) is 60.7 Å². The Balaban J connectivity index is 1.78. The third-order valence-electron chi connectivity index (χ3n) is 3.51. The third kappa shape index (κ3) is 3.29. The minimum atomic E-state index is -0.649. The van der Waals surface area contributed by atoms with E-state index >= 15 is 0 Å². The van der Waals surface area contributed by atoms with E-state index in [1.54, 1.807) is 31.3 Å². The molecule has 0 saturated heterocycles. The summed E-state index contributed by atoms with van der Waals surface area (Å²) in [4.78, 5) is 28.7. The Morgan fingerprint density at radius 2 is 1.91 bits per heavy atom. The van der Waals surface area contributed by atoms with Crippen molar-refractivity contribution in [1.82, 2.24) is 9.38 Å². The van der Waals surface area contributed by atoms with Crippen LogP contribution in [0.15, 0.2) is 65.7 Å². The molecular weight excluding hydrogens is 292 g/mol. The van der Waals surface area contributed by atoms with Crippen molar-refractivity contribution in [3.05, 3.63) is 82.4 Å². The zero-order valence-corrected chi connectivity index (χ0v) is 12.7. The molecule has 0 bridgehead atoms. The summed E-state index contributed by atoms with van der Waals surface area (Å²) in [5.74, 6) is -0.649. The summed E-state index contributed by atoms with van der Waals surface area (Å²) < 4.78 is 6.71. The molecular formula is C18H16N2O3. The molecule has 2 aromatic heterocycles. The van der Waals surface area contributed by atoms with Crippen molar-refractivity contribution in [1.29, 1.82) is 0 Å². The second kappa shape index (κ2) is 6.44. The molecule has 0 aliphatic carbocycles. The molecule has 23 heavy (non-hydrogen) atoms. The summed E-state index contributed by atoms with van der Waals surface area (Å²) in [5, 5.41) is 0. The molecule has 0 N–H and O–H groups in total. The van der Waals surface area contributed by atoms with E-state index in [-0.39, 0.29) is 11.7 Å². The third-order valence-corrected chi connectivity index (χ3v) is 3.51. The molecule has 0 aliphatic heterocycles. The summed E-state index contributed by atoms with van der Waals surface area (Å²) in [5.41, 5.74) is 1.08. The highest BCUT2D eigenvalue weighted by molar-refractivity contribution is 5.89. The number of carbonyl (C=O) groups is 1. The van der Waals surface area contributed by atoms with Gasteiger partial charge < -0.3 is 4.74 Å². The van der Waals surface area contributed by atoms with Gasteiger partial charge in [-0.1, -0.05) is 36.4 Å². The maximum atomic E-state index is 12.3.